The Balaban J connectivity index is 1.47. The fourth-order valence-corrected chi connectivity index (χ4v) is 3.60. The van der Waals surface area contributed by atoms with Crippen molar-refractivity contribution in [3.05, 3.63) is 58.0 Å². The van der Waals surface area contributed by atoms with Crippen molar-refractivity contribution in [3.8, 4) is 5.75 Å². The van der Waals surface area contributed by atoms with Gasteiger partial charge in [0.2, 0.25) is 11.1 Å². The number of alkyl halides is 3. The molecule has 0 aliphatic rings. The minimum atomic E-state index is -4.79. The number of para-hydroxylation sites is 1. The van der Waals surface area contributed by atoms with E-state index in [1.807, 2.05) is 17.5 Å². The first-order chi connectivity index (χ1) is 13.4. The standard InChI is InChI=1S/C17H15F3N4O2S2/c18-17(19,20)26-13-6-2-1-4-11(13)9-21-15(25)10-28-16-22-14(23-24-16)8-12-5-3-7-27-12/h1-7H,8-10H2,(H,21,25)(H,22,23,24). The molecular weight excluding hydrogens is 413 g/mol. The van der Waals surface area contributed by atoms with Crippen LogP contribution in [0.2, 0.25) is 0 Å². The van der Waals surface area contributed by atoms with Crippen LogP contribution in [0, 0.1) is 0 Å². The van der Waals surface area contributed by atoms with Gasteiger partial charge in [-0.1, -0.05) is 36.0 Å². The molecule has 0 bridgehead atoms. The van der Waals surface area contributed by atoms with Crippen LogP contribution in [-0.4, -0.2) is 33.2 Å². The van der Waals surface area contributed by atoms with Crippen LogP contribution in [0.3, 0.4) is 0 Å². The predicted octanol–water partition coefficient (Wildman–Crippen LogP) is 3.76. The average Bonchev–Trinajstić information content (AvgIpc) is 3.30. The van der Waals surface area contributed by atoms with Crippen LogP contribution in [0.15, 0.2) is 46.9 Å². The molecule has 0 aliphatic heterocycles. The average molecular weight is 428 g/mol. The largest absolute Gasteiger partial charge is 0.573 e. The first-order valence-electron chi connectivity index (χ1n) is 8.06. The summed E-state index contributed by atoms with van der Waals surface area (Å²) in [6.45, 7) is -0.0801. The number of nitrogens with one attached hydrogen (secondary N) is 2. The number of halogens is 3. The Morgan fingerprint density at radius 3 is 2.82 bits per heavy atom. The summed E-state index contributed by atoms with van der Waals surface area (Å²) in [7, 11) is 0. The lowest BCUT2D eigenvalue weighted by atomic mass is 10.2. The Hall–Kier alpha value is -2.53. The van der Waals surface area contributed by atoms with E-state index in [0.29, 0.717) is 17.4 Å². The number of hydrogen-bond donors (Lipinski definition) is 2. The number of thiophene rings is 1. The zero-order chi connectivity index (χ0) is 20.0. The van der Waals surface area contributed by atoms with Gasteiger partial charge < -0.3 is 10.1 Å². The first kappa shape index (κ1) is 20.2. The van der Waals surface area contributed by atoms with E-state index in [2.05, 4.69) is 25.2 Å². The summed E-state index contributed by atoms with van der Waals surface area (Å²) in [6.07, 6.45) is -4.16. The third-order valence-electron chi connectivity index (χ3n) is 3.44. The fourth-order valence-electron chi connectivity index (χ4n) is 2.25. The van der Waals surface area contributed by atoms with Gasteiger partial charge in [-0.15, -0.1) is 29.6 Å². The third kappa shape index (κ3) is 6.27. The molecule has 148 valence electrons. The number of ether oxygens (including phenoxy) is 1. The van der Waals surface area contributed by atoms with E-state index in [9.17, 15) is 18.0 Å². The molecule has 0 unspecified atom stereocenters. The molecule has 2 heterocycles. The number of rotatable bonds is 8. The molecule has 0 fully saturated rings. The van der Waals surface area contributed by atoms with Gasteiger partial charge in [0, 0.05) is 23.4 Å². The third-order valence-corrected chi connectivity index (χ3v) is 5.16. The van der Waals surface area contributed by atoms with Crippen molar-refractivity contribution in [1.29, 1.82) is 0 Å². The maximum absolute atomic E-state index is 12.4. The van der Waals surface area contributed by atoms with Gasteiger partial charge in [-0.3, -0.25) is 9.89 Å². The number of hydrogen-bond acceptors (Lipinski definition) is 6. The number of nitrogens with zero attached hydrogens (tertiary/aromatic N) is 2. The molecule has 2 aromatic heterocycles. The highest BCUT2D eigenvalue weighted by atomic mass is 32.2. The van der Waals surface area contributed by atoms with Gasteiger partial charge in [-0.2, -0.15) is 0 Å². The number of aromatic amines is 1. The Morgan fingerprint density at radius 2 is 2.07 bits per heavy atom. The molecule has 0 atom stereocenters. The molecule has 0 saturated carbocycles. The highest BCUT2D eigenvalue weighted by Crippen LogP contribution is 2.26. The zero-order valence-electron chi connectivity index (χ0n) is 14.3. The Kier molecular flexibility index (Phi) is 6.57. The maximum Gasteiger partial charge on any atom is 0.573 e. The number of carbonyl (C=O) groups is 1. The van der Waals surface area contributed by atoms with E-state index in [-0.39, 0.29) is 29.5 Å². The quantitative estimate of drug-likeness (QED) is 0.534. The molecule has 1 aromatic carbocycles. The smallest absolute Gasteiger partial charge is 0.405 e. The second kappa shape index (κ2) is 9.11. The highest BCUT2D eigenvalue weighted by molar-refractivity contribution is 7.99. The van der Waals surface area contributed by atoms with Crippen LogP contribution in [0.25, 0.3) is 0 Å². The van der Waals surface area contributed by atoms with E-state index >= 15 is 0 Å². The second-order valence-electron chi connectivity index (χ2n) is 5.54. The van der Waals surface area contributed by atoms with Crippen LogP contribution in [0.1, 0.15) is 16.3 Å². The number of aromatic nitrogens is 3. The number of carbonyl (C=O) groups excluding carboxylic acids is 1. The topological polar surface area (TPSA) is 79.9 Å². The lowest BCUT2D eigenvalue weighted by molar-refractivity contribution is -0.274. The molecule has 3 aromatic rings. The van der Waals surface area contributed by atoms with Crippen LogP contribution < -0.4 is 10.1 Å². The summed E-state index contributed by atoms with van der Waals surface area (Å²) in [5.74, 6) is 0.0497. The number of amides is 1. The van der Waals surface area contributed by atoms with E-state index in [4.69, 9.17) is 0 Å². The molecule has 0 radical (unpaired) electrons. The molecule has 11 heteroatoms. The number of H-pyrrole nitrogens is 1. The predicted molar refractivity (Wildman–Crippen MR) is 99.2 cm³/mol. The Bertz CT molecular complexity index is 913. The highest BCUT2D eigenvalue weighted by Gasteiger charge is 2.31. The SMILES string of the molecule is O=C(CSc1n[nH]c(Cc2cccs2)n1)NCc1ccccc1OC(F)(F)F. The molecule has 2 N–H and O–H groups in total. The van der Waals surface area contributed by atoms with Crippen molar-refractivity contribution in [1.82, 2.24) is 20.5 Å². The van der Waals surface area contributed by atoms with Crippen molar-refractivity contribution in [2.45, 2.75) is 24.5 Å². The molecule has 1 amide bonds. The lowest BCUT2D eigenvalue weighted by Gasteiger charge is -2.13. The summed E-state index contributed by atoms with van der Waals surface area (Å²) in [6, 6.07) is 9.61. The van der Waals surface area contributed by atoms with Crippen LogP contribution in [-0.2, 0) is 17.8 Å². The summed E-state index contributed by atoms with van der Waals surface area (Å²) in [4.78, 5) is 17.4. The van der Waals surface area contributed by atoms with Crippen LogP contribution >= 0.6 is 23.1 Å². The lowest BCUT2D eigenvalue weighted by Crippen LogP contribution is -2.25. The van der Waals surface area contributed by atoms with Gasteiger partial charge in [0.1, 0.15) is 11.6 Å². The summed E-state index contributed by atoms with van der Waals surface area (Å²) in [5, 5.41) is 11.8. The normalized spacial score (nSPS) is 11.4. The van der Waals surface area contributed by atoms with Crippen molar-refractivity contribution < 1.29 is 22.7 Å². The van der Waals surface area contributed by atoms with E-state index < -0.39 is 6.36 Å². The van der Waals surface area contributed by atoms with Gasteiger partial charge in [-0.05, 0) is 17.5 Å². The molecule has 0 aliphatic carbocycles. The van der Waals surface area contributed by atoms with Crippen molar-refractivity contribution in [2.75, 3.05) is 5.75 Å². The minimum absolute atomic E-state index is 0.0403. The van der Waals surface area contributed by atoms with Gasteiger partial charge in [0.25, 0.3) is 0 Å². The van der Waals surface area contributed by atoms with Gasteiger partial charge in [-0.25, -0.2) is 4.98 Å². The van der Waals surface area contributed by atoms with Gasteiger partial charge in [0.15, 0.2) is 0 Å². The van der Waals surface area contributed by atoms with Crippen molar-refractivity contribution in [2.24, 2.45) is 0 Å². The zero-order valence-corrected chi connectivity index (χ0v) is 16.0. The van der Waals surface area contributed by atoms with Crippen molar-refractivity contribution >= 4 is 29.0 Å². The molecule has 0 spiro atoms. The Labute approximate surface area is 166 Å². The molecule has 28 heavy (non-hydrogen) atoms. The molecule has 0 saturated heterocycles. The number of benzene rings is 1. The fraction of sp³-hybridized carbons (Fsp3) is 0.235. The van der Waals surface area contributed by atoms with Crippen LogP contribution in [0.5, 0.6) is 5.75 Å². The molecule has 3 rings (SSSR count). The summed E-state index contributed by atoms with van der Waals surface area (Å²) < 4.78 is 41.2. The van der Waals surface area contributed by atoms with Crippen LogP contribution in [0.4, 0.5) is 13.2 Å². The van der Waals surface area contributed by atoms with E-state index in [1.165, 1.54) is 18.2 Å². The minimum Gasteiger partial charge on any atom is -0.405 e. The Morgan fingerprint density at radius 1 is 1.25 bits per heavy atom. The monoisotopic (exact) mass is 428 g/mol. The maximum atomic E-state index is 12.4. The second-order valence-corrected chi connectivity index (χ2v) is 7.52. The van der Waals surface area contributed by atoms with E-state index in [1.54, 1.807) is 17.4 Å². The number of thioether (sulfide) groups is 1. The van der Waals surface area contributed by atoms with Gasteiger partial charge in [0.05, 0.1) is 5.75 Å². The first-order valence-corrected chi connectivity index (χ1v) is 9.92. The molecule has 6 nitrogen and oxygen atoms in total. The van der Waals surface area contributed by atoms with Crippen molar-refractivity contribution in [3.63, 3.8) is 0 Å². The summed E-state index contributed by atoms with van der Waals surface area (Å²) >= 11 is 2.75. The summed E-state index contributed by atoms with van der Waals surface area (Å²) in [5.41, 5.74) is 0.231. The molecular formula is C17H15F3N4O2S2. The van der Waals surface area contributed by atoms with E-state index in [0.717, 1.165) is 16.6 Å². The van der Waals surface area contributed by atoms with Gasteiger partial charge >= 0.3 is 6.36 Å².